The van der Waals surface area contributed by atoms with Crippen molar-refractivity contribution >= 4 is 10.2 Å². The molecule has 0 spiro atoms. The third kappa shape index (κ3) is 4.29. The van der Waals surface area contributed by atoms with Crippen molar-refractivity contribution in [1.29, 1.82) is 0 Å². The summed E-state index contributed by atoms with van der Waals surface area (Å²) in [6, 6.07) is 0. The zero-order valence-corrected chi connectivity index (χ0v) is 12.1. The molecule has 1 aliphatic rings. The zero-order chi connectivity index (χ0) is 13.7. The van der Waals surface area contributed by atoms with Gasteiger partial charge in [0.25, 0.3) is 10.2 Å². The number of nitrogens with one attached hydrogen (secondary N) is 1. The first-order valence-electron chi connectivity index (χ1n) is 6.78. The number of hydrogen-bond donors (Lipinski definition) is 1. The standard InChI is InChI=1S/C12H22N4O2S/c1-12-4-2-8-16(10-12)19(17,18)14-5-3-7-15-9-6-13-11-15/h6,9,11-12,14H,2-5,7-8,10H2,1H3/t12-/m0/s1. The molecule has 1 saturated heterocycles. The first-order valence-corrected chi connectivity index (χ1v) is 8.22. The van der Waals surface area contributed by atoms with Gasteiger partial charge in [-0.25, -0.2) is 9.71 Å². The Labute approximate surface area is 115 Å². The molecule has 1 N–H and O–H groups in total. The fourth-order valence-corrected chi connectivity index (χ4v) is 3.74. The number of rotatable bonds is 6. The van der Waals surface area contributed by atoms with Gasteiger partial charge in [0.05, 0.1) is 6.33 Å². The molecule has 108 valence electrons. The van der Waals surface area contributed by atoms with Gasteiger partial charge in [-0.15, -0.1) is 0 Å². The lowest BCUT2D eigenvalue weighted by atomic mass is 10.0. The summed E-state index contributed by atoms with van der Waals surface area (Å²) in [4.78, 5) is 3.95. The van der Waals surface area contributed by atoms with Crippen molar-refractivity contribution in [3.05, 3.63) is 18.7 Å². The second kappa shape index (κ2) is 6.49. The Balaban J connectivity index is 1.74. The van der Waals surface area contributed by atoms with Gasteiger partial charge in [0.15, 0.2) is 0 Å². The summed E-state index contributed by atoms with van der Waals surface area (Å²) in [6.45, 7) is 4.61. The predicted octanol–water partition coefficient (Wildman–Crippen LogP) is 0.839. The summed E-state index contributed by atoms with van der Waals surface area (Å²) in [5, 5.41) is 0. The lowest BCUT2D eigenvalue weighted by Crippen LogP contribution is -2.45. The molecule has 2 heterocycles. The Morgan fingerprint density at radius 1 is 1.47 bits per heavy atom. The topological polar surface area (TPSA) is 67.2 Å². The second-order valence-electron chi connectivity index (χ2n) is 5.16. The molecule has 1 aromatic rings. The lowest BCUT2D eigenvalue weighted by Gasteiger charge is -2.29. The molecular weight excluding hydrogens is 264 g/mol. The number of nitrogens with zero attached hydrogens (tertiary/aromatic N) is 3. The van der Waals surface area contributed by atoms with Crippen LogP contribution in [0.4, 0.5) is 0 Å². The van der Waals surface area contributed by atoms with Gasteiger partial charge in [-0.3, -0.25) is 0 Å². The molecule has 0 aromatic carbocycles. The van der Waals surface area contributed by atoms with Crippen LogP contribution < -0.4 is 4.72 Å². The zero-order valence-electron chi connectivity index (χ0n) is 11.3. The van der Waals surface area contributed by atoms with Crippen LogP contribution in [0, 0.1) is 5.92 Å². The summed E-state index contributed by atoms with van der Waals surface area (Å²) in [5.74, 6) is 0.455. The average Bonchev–Trinajstić information content (AvgIpc) is 2.88. The molecule has 2 rings (SSSR count). The third-order valence-electron chi connectivity index (χ3n) is 3.40. The van der Waals surface area contributed by atoms with Crippen LogP contribution in [0.5, 0.6) is 0 Å². The lowest BCUT2D eigenvalue weighted by molar-refractivity contribution is 0.278. The minimum absolute atomic E-state index is 0.455. The summed E-state index contributed by atoms with van der Waals surface area (Å²) in [7, 11) is -3.30. The first-order chi connectivity index (χ1) is 9.08. The van der Waals surface area contributed by atoms with Gasteiger partial charge in [0, 0.05) is 38.6 Å². The van der Waals surface area contributed by atoms with Gasteiger partial charge in [-0.1, -0.05) is 6.92 Å². The van der Waals surface area contributed by atoms with E-state index in [1.165, 1.54) is 0 Å². The van der Waals surface area contributed by atoms with Crippen molar-refractivity contribution in [2.45, 2.75) is 32.7 Å². The van der Waals surface area contributed by atoms with Gasteiger partial charge in [0.2, 0.25) is 0 Å². The normalized spacial score (nSPS) is 21.6. The summed E-state index contributed by atoms with van der Waals surface area (Å²) < 4.78 is 30.4. The van der Waals surface area contributed by atoms with E-state index >= 15 is 0 Å². The third-order valence-corrected chi connectivity index (χ3v) is 4.98. The summed E-state index contributed by atoms with van der Waals surface area (Å²) >= 11 is 0. The highest BCUT2D eigenvalue weighted by molar-refractivity contribution is 7.87. The van der Waals surface area contributed by atoms with Crippen LogP contribution in [0.3, 0.4) is 0 Å². The molecule has 0 amide bonds. The highest BCUT2D eigenvalue weighted by Crippen LogP contribution is 2.17. The predicted molar refractivity (Wildman–Crippen MR) is 73.7 cm³/mol. The maximum absolute atomic E-state index is 12.1. The number of piperidine rings is 1. The van der Waals surface area contributed by atoms with Crippen LogP contribution in [0.15, 0.2) is 18.7 Å². The van der Waals surface area contributed by atoms with Crippen LogP contribution in [0.25, 0.3) is 0 Å². The van der Waals surface area contributed by atoms with Crippen LogP contribution in [-0.4, -0.2) is 41.9 Å². The van der Waals surface area contributed by atoms with E-state index in [0.29, 0.717) is 25.6 Å². The maximum atomic E-state index is 12.1. The van der Waals surface area contributed by atoms with Gasteiger partial charge in [0.1, 0.15) is 0 Å². The molecule has 19 heavy (non-hydrogen) atoms. The minimum atomic E-state index is -3.30. The number of imidazole rings is 1. The van der Waals surface area contributed by atoms with Crippen LogP contribution in [-0.2, 0) is 16.8 Å². The van der Waals surface area contributed by atoms with Crippen molar-refractivity contribution in [2.24, 2.45) is 5.92 Å². The Kier molecular flexibility index (Phi) is 4.95. The Hall–Kier alpha value is -0.920. The largest absolute Gasteiger partial charge is 0.337 e. The van der Waals surface area contributed by atoms with E-state index in [1.54, 1.807) is 16.8 Å². The van der Waals surface area contributed by atoms with E-state index < -0.39 is 10.2 Å². The van der Waals surface area contributed by atoms with Crippen molar-refractivity contribution in [2.75, 3.05) is 19.6 Å². The van der Waals surface area contributed by atoms with Gasteiger partial charge < -0.3 is 4.57 Å². The Morgan fingerprint density at radius 2 is 2.32 bits per heavy atom. The molecule has 7 heteroatoms. The number of hydrogen-bond acceptors (Lipinski definition) is 3. The molecule has 1 aromatic heterocycles. The van der Waals surface area contributed by atoms with E-state index in [0.717, 1.165) is 25.8 Å². The number of aromatic nitrogens is 2. The Bertz CT molecular complexity index is 472. The highest BCUT2D eigenvalue weighted by atomic mass is 32.2. The van der Waals surface area contributed by atoms with Gasteiger partial charge in [-0.2, -0.15) is 12.7 Å². The van der Waals surface area contributed by atoms with Gasteiger partial charge >= 0.3 is 0 Å². The molecule has 0 saturated carbocycles. The smallest absolute Gasteiger partial charge is 0.279 e. The summed E-state index contributed by atoms with van der Waals surface area (Å²) in [6.07, 6.45) is 8.17. The van der Waals surface area contributed by atoms with Crippen LogP contribution in [0.2, 0.25) is 0 Å². The number of aryl methyl sites for hydroxylation is 1. The SMILES string of the molecule is C[C@H]1CCCN(S(=O)(=O)NCCCn2ccnc2)C1. The van der Waals surface area contributed by atoms with Crippen molar-refractivity contribution in [1.82, 2.24) is 18.6 Å². The van der Waals surface area contributed by atoms with E-state index in [4.69, 9.17) is 0 Å². The van der Waals surface area contributed by atoms with Crippen LogP contribution in [0.1, 0.15) is 26.2 Å². The van der Waals surface area contributed by atoms with E-state index in [1.807, 2.05) is 10.8 Å². The fraction of sp³-hybridized carbons (Fsp3) is 0.750. The molecule has 0 unspecified atom stereocenters. The maximum Gasteiger partial charge on any atom is 0.279 e. The molecule has 6 nitrogen and oxygen atoms in total. The molecule has 1 atom stereocenters. The quantitative estimate of drug-likeness (QED) is 0.788. The summed E-state index contributed by atoms with van der Waals surface area (Å²) in [5.41, 5.74) is 0. The minimum Gasteiger partial charge on any atom is -0.337 e. The molecular formula is C12H22N4O2S. The monoisotopic (exact) mass is 286 g/mol. The van der Waals surface area contributed by atoms with Crippen LogP contribution >= 0.6 is 0 Å². The molecule has 1 aliphatic heterocycles. The first kappa shape index (κ1) is 14.5. The Morgan fingerprint density at radius 3 is 3.00 bits per heavy atom. The average molecular weight is 286 g/mol. The molecule has 0 bridgehead atoms. The molecule has 1 fully saturated rings. The highest BCUT2D eigenvalue weighted by Gasteiger charge is 2.26. The van der Waals surface area contributed by atoms with Crippen molar-refractivity contribution < 1.29 is 8.42 Å². The fourth-order valence-electron chi connectivity index (χ4n) is 2.34. The van der Waals surface area contributed by atoms with E-state index in [9.17, 15) is 8.42 Å². The van der Waals surface area contributed by atoms with Gasteiger partial charge in [-0.05, 0) is 25.2 Å². The molecule has 0 radical (unpaired) electrons. The van der Waals surface area contributed by atoms with E-state index in [2.05, 4.69) is 16.6 Å². The van der Waals surface area contributed by atoms with Crippen molar-refractivity contribution in [3.8, 4) is 0 Å². The van der Waals surface area contributed by atoms with Crippen molar-refractivity contribution in [3.63, 3.8) is 0 Å². The van der Waals surface area contributed by atoms with E-state index in [-0.39, 0.29) is 0 Å². The second-order valence-corrected chi connectivity index (χ2v) is 6.91. The molecule has 0 aliphatic carbocycles.